The molecular weight excluding hydrogens is 393 g/mol. The molecule has 1 aromatic heterocycles. The molecule has 1 aromatic rings. The predicted octanol–water partition coefficient (Wildman–Crippen LogP) is 4.13. The number of carbonyl (C=O) groups excluding carboxylic acids is 1. The van der Waals surface area contributed by atoms with Crippen molar-refractivity contribution in [2.45, 2.75) is 44.2 Å². The van der Waals surface area contributed by atoms with Crippen LogP contribution in [0.2, 0.25) is 0 Å². The standard InChI is InChI=1S/C20H24F5N3O/c21-19(22)8-4-15(5-9-19)18(29)26-10-13-28-11-6-14(7-12-28)16-2-1-3-17(27-16)20(23,24)25/h1-3,6,15H,4-5,7-13H2,(H,26,29). The van der Waals surface area contributed by atoms with Crippen LogP contribution in [0.5, 0.6) is 0 Å². The highest BCUT2D eigenvalue weighted by Gasteiger charge is 2.37. The number of hydrogen-bond donors (Lipinski definition) is 1. The maximum atomic E-state index is 13.2. The third kappa shape index (κ3) is 5.98. The van der Waals surface area contributed by atoms with Gasteiger partial charge in [0, 0.05) is 44.9 Å². The van der Waals surface area contributed by atoms with Crippen molar-refractivity contribution in [3.05, 3.63) is 35.7 Å². The molecule has 160 valence electrons. The van der Waals surface area contributed by atoms with Gasteiger partial charge in [0.25, 0.3) is 0 Å². The molecule has 2 aliphatic rings. The molecule has 29 heavy (non-hydrogen) atoms. The topological polar surface area (TPSA) is 45.2 Å². The highest BCUT2D eigenvalue weighted by molar-refractivity contribution is 5.78. The lowest BCUT2D eigenvalue weighted by molar-refractivity contribution is -0.141. The largest absolute Gasteiger partial charge is 0.433 e. The molecule has 1 aliphatic heterocycles. The van der Waals surface area contributed by atoms with Crippen molar-refractivity contribution in [2.24, 2.45) is 5.92 Å². The number of nitrogens with one attached hydrogen (secondary N) is 1. The molecule has 1 N–H and O–H groups in total. The summed E-state index contributed by atoms with van der Waals surface area (Å²) in [4.78, 5) is 17.9. The van der Waals surface area contributed by atoms with Gasteiger partial charge in [0.2, 0.25) is 11.8 Å². The Balaban J connectivity index is 1.44. The van der Waals surface area contributed by atoms with Gasteiger partial charge in [0.1, 0.15) is 5.69 Å². The summed E-state index contributed by atoms with van der Waals surface area (Å²) in [6, 6.07) is 3.88. The van der Waals surface area contributed by atoms with Gasteiger partial charge in [-0.1, -0.05) is 12.1 Å². The monoisotopic (exact) mass is 417 g/mol. The van der Waals surface area contributed by atoms with E-state index in [1.54, 1.807) is 6.07 Å². The molecule has 9 heteroatoms. The molecule has 0 unspecified atom stereocenters. The molecule has 3 rings (SSSR count). The summed E-state index contributed by atoms with van der Waals surface area (Å²) in [7, 11) is 0. The van der Waals surface area contributed by atoms with Crippen LogP contribution in [0.25, 0.3) is 5.57 Å². The normalized spacial score (nSPS) is 20.9. The van der Waals surface area contributed by atoms with Crippen molar-refractivity contribution >= 4 is 11.5 Å². The average molecular weight is 417 g/mol. The van der Waals surface area contributed by atoms with Crippen LogP contribution >= 0.6 is 0 Å². The summed E-state index contributed by atoms with van der Waals surface area (Å²) in [5.41, 5.74) is 0.211. The summed E-state index contributed by atoms with van der Waals surface area (Å²) in [5, 5.41) is 2.81. The number of alkyl halides is 5. The van der Waals surface area contributed by atoms with Gasteiger partial charge in [0.05, 0.1) is 5.69 Å². The van der Waals surface area contributed by atoms with E-state index < -0.39 is 17.8 Å². The Morgan fingerprint density at radius 3 is 2.59 bits per heavy atom. The SMILES string of the molecule is O=C(NCCN1CC=C(c2cccc(C(F)(F)F)n2)CC1)C1CCC(F)(F)CC1. The Bertz CT molecular complexity index is 753. The molecule has 1 saturated carbocycles. The van der Waals surface area contributed by atoms with Gasteiger partial charge < -0.3 is 5.32 Å². The molecule has 0 spiro atoms. The van der Waals surface area contributed by atoms with E-state index in [-0.39, 0.29) is 37.5 Å². The first kappa shape index (κ1) is 21.7. The average Bonchev–Trinajstić information content (AvgIpc) is 2.68. The number of carbonyl (C=O) groups is 1. The Hall–Kier alpha value is -2.03. The van der Waals surface area contributed by atoms with E-state index in [1.807, 2.05) is 6.08 Å². The molecule has 2 heterocycles. The zero-order chi connectivity index (χ0) is 21.1. The zero-order valence-corrected chi connectivity index (χ0v) is 15.9. The van der Waals surface area contributed by atoms with Crippen molar-refractivity contribution in [1.29, 1.82) is 0 Å². The Morgan fingerprint density at radius 2 is 1.97 bits per heavy atom. The minimum absolute atomic E-state index is 0.179. The summed E-state index contributed by atoms with van der Waals surface area (Å²) in [5.74, 6) is -3.18. The van der Waals surface area contributed by atoms with Crippen molar-refractivity contribution in [2.75, 3.05) is 26.2 Å². The van der Waals surface area contributed by atoms with Crippen LogP contribution in [0.3, 0.4) is 0 Å². The number of aromatic nitrogens is 1. The fourth-order valence-electron chi connectivity index (χ4n) is 3.70. The van der Waals surface area contributed by atoms with Crippen molar-refractivity contribution in [1.82, 2.24) is 15.2 Å². The van der Waals surface area contributed by atoms with Crippen molar-refractivity contribution < 1.29 is 26.7 Å². The van der Waals surface area contributed by atoms with Gasteiger partial charge in [-0.25, -0.2) is 13.8 Å². The van der Waals surface area contributed by atoms with Crippen LogP contribution in [0.1, 0.15) is 43.5 Å². The first-order valence-corrected chi connectivity index (χ1v) is 9.76. The summed E-state index contributed by atoms with van der Waals surface area (Å²) in [6.07, 6.45) is -2.11. The fourth-order valence-corrected chi connectivity index (χ4v) is 3.70. The number of pyridine rings is 1. The number of rotatable bonds is 5. The zero-order valence-electron chi connectivity index (χ0n) is 15.9. The number of amides is 1. The van der Waals surface area contributed by atoms with Gasteiger partial charge in [-0.15, -0.1) is 0 Å². The minimum atomic E-state index is -4.47. The molecule has 1 aliphatic carbocycles. The Labute approximate surface area is 166 Å². The quantitative estimate of drug-likeness (QED) is 0.733. The third-order valence-corrected chi connectivity index (χ3v) is 5.48. The molecule has 4 nitrogen and oxygen atoms in total. The number of hydrogen-bond acceptors (Lipinski definition) is 3. The maximum absolute atomic E-state index is 13.2. The predicted molar refractivity (Wildman–Crippen MR) is 98.2 cm³/mol. The van der Waals surface area contributed by atoms with Crippen LogP contribution in [0.4, 0.5) is 22.0 Å². The molecule has 1 amide bonds. The van der Waals surface area contributed by atoms with Crippen LogP contribution in [0.15, 0.2) is 24.3 Å². The van der Waals surface area contributed by atoms with Crippen molar-refractivity contribution in [3.63, 3.8) is 0 Å². The van der Waals surface area contributed by atoms with E-state index in [1.165, 1.54) is 6.07 Å². The lowest BCUT2D eigenvalue weighted by atomic mass is 9.86. The molecule has 1 fully saturated rings. The second-order valence-corrected chi connectivity index (χ2v) is 7.61. The highest BCUT2D eigenvalue weighted by Crippen LogP contribution is 2.36. The molecule has 0 saturated heterocycles. The lowest BCUT2D eigenvalue weighted by Gasteiger charge is -2.28. The summed E-state index contributed by atoms with van der Waals surface area (Å²) >= 11 is 0. The first-order chi connectivity index (χ1) is 13.6. The van der Waals surface area contributed by atoms with Gasteiger partial charge in [-0.2, -0.15) is 13.2 Å². The van der Waals surface area contributed by atoms with E-state index in [2.05, 4.69) is 15.2 Å². The van der Waals surface area contributed by atoms with Crippen LogP contribution < -0.4 is 5.32 Å². The highest BCUT2D eigenvalue weighted by atomic mass is 19.4. The Morgan fingerprint density at radius 1 is 1.24 bits per heavy atom. The smallest absolute Gasteiger partial charge is 0.355 e. The molecule has 0 aromatic carbocycles. The molecule has 0 atom stereocenters. The van der Waals surface area contributed by atoms with Gasteiger partial charge in [-0.3, -0.25) is 9.69 Å². The first-order valence-electron chi connectivity index (χ1n) is 9.76. The molecule has 0 bridgehead atoms. The lowest BCUT2D eigenvalue weighted by Crippen LogP contribution is -2.40. The second kappa shape index (κ2) is 8.77. The van der Waals surface area contributed by atoms with E-state index in [9.17, 15) is 26.7 Å². The van der Waals surface area contributed by atoms with E-state index in [0.717, 1.165) is 11.6 Å². The van der Waals surface area contributed by atoms with Crippen LogP contribution in [0, 0.1) is 5.92 Å². The number of nitrogens with zero attached hydrogens (tertiary/aromatic N) is 2. The fraction of sp³-hybridized carbons (Fsp3) is 0.600. The van der Waals surface area contributed by atoms with Crippen molar-refractivity contribution in [3.8, 4) is 0 Å². The Kier molecular flexibility index (Phi) is 6.55. The van der Waals surface area contributed by atoms with E-state index in [4.69, 9.17) is 0 Å². The summed E-state index contributed by atoms with van der Waals surface area (Å²) < 4.78 is 64.8. The van der Waals surface area contributed by atoms with Gasteiger partial charge >= 0.3 is 6.18 Å². The molecular formula is C20H24F5N3O. The number of halogens is 5. The minimum Gasteiger partial charge on any atom is -0.355 e. The van der Waals surface area contributed by atoms with Crippen LogP contribution in [-0.2, 0) is 11.0 Å². The summed E-state index contributed by atoms with van der Waals surface area (Å²) in [6.45, 7) is 2.21. The second-order valence-electron chi connectivity index (χ2n) is 7.61. The van der Waals surface area contributed by atoms with E-state index in [0.29, 0.717) is 38.3 Å². The van der Waals surface area contributed by atoms with Gasteiger partial charge in [-0.05, 0) is 37.0 Å². The van der Waals surface area contributed by atoms with Crippen LogP contribution in [-0.4, -0.2) is 47.9 Å². The van der Waals surface area contributed by atoms with E-state index >= 15 is 0 Å². The maximum Gasteiger partial charge on any atom is 0.433 e. The third-order valence-electron chi connectivity index (χ3n) is 5.48. The van der Waals surface area contributed by atoms with Gasteiger partial charge in [0.15, 0.2) is 0 Å². The molecule has 0 radical (unpaired) electrons.